The highest BCUT2D eigenvalue weighted by Crippen LogP contribution is 2.37. The zero-order valence-corrected chi connectivity index (χ0v) is 11.8. The monoisotopic (exact) mass is 277 g/mol. The van der Waals surface area contributed by atoms with Crippen molar-refractivity contribution in [3.8, 4) is 0 Å². The maximum atomic E-state index is 12.6. The van der Waals surface area contributed by atoms with Crippen molar-refractivity contribution in [1.29, 1.82) is 0 Å². The third kappa shape index (κ3) is 1.76. The van der Waals surface area contributed by atoms with E-state index in [1.165, 1.54) is 0 Å². The number of aryl methyl sites for hydroxylation is 1. The Hall–Kier alpha value is -2.62. The van der Waals surface area contributed by atoms with E-state index in [9.17, 15) is 4.79 Å². The average Bonchev–Trinajstić information content (AvgIpc) is 3.02. The molecule has 4 nitrogen and oxygen atoms in total. The number of rotatable bonds is 3. The summed E-state index contributed by atoms with van der Waals surface area (Å²) in [5.41, 5.74) is 1.82. The summed E-state index contributed by atoms with van der Waals surface area (Å²) in [6, 6.07) is 12.0. The number of anilines is 1. The first-order valence-electron chi connectivity index (χ1n) is 7.05. The molecule has 21 heavy (non-hydrogen) atoms. The molecule has 1 aliphatic rings. The summed E-state index contributed by atoms with van der Waals surface area (Å²) < 4.78 is 1.99. The quantitative estimate of drug-likeness (QED) is 0.738. The summed E-state index contributed by atoms with van der Waals surface area (Å²) in [5, 5.41) is 2.20. The molecule has 0 saturated heterocycles. The fraction of sp³-hybridized carbons (Fsp3) is 0.176. The van der Waals surface area contributed by atoms with Crippen molar-refractivity contribution in [1.82, 2.24) is 9.55 Å². The van der Waals surface area contributed by atoms with Crippen LogP contribution in [0.1, 0.15) is 16.2 Å². The van der Waals surface area contributed by atoms with Crippen molar-refractivity contribution in [2.75, 3.05) is 11.4 Å². The molecule has 1 amide bonds. The number of benzene rings is 2. The molecule has 1 aromatic heterocycles. The zero-order chi connectivity index (χ0) is 14.4. The first-order valence-corrected chi connectivity index (χ1v) is 7.05. The Morgan fingerprint density at radius 2 is 1.95 bits per heavy atom. The van der Waals surface area contributed by atoms with Crippen LogP contribution in [0.5, 0.6) is 0 Å². The average molecular weight is 277 g/mol. The normalized spacial score (nSPS) is 13.4. The molecule has 0 bridgehead atoms. The van der Waals surface area contributed by atoms with Crippen LogP contribution in [0.15, 0.2) is 48.8 Å². The summed E-state index contributed by atoms with van der Waals surface area (Å²) in [7, 11) is 1.98. The van der Waals surface area contributed by atoms with Crippen LogP contribution in [0.2, 0.25) is 0 Å². The van der Waals surface area contributed by atoms with Gasteiger partial charge in [-0.05, 0) is 17.5 Å². The highest BCUT2D eigenvalue weighted by molar-refractivity contribution is 6.24. The molecule has 1 aliphatic heterocycles. The number of aromatic nitrogens is 2. The number of hydrogen-bond donors (Lipinski definition) is 0. The number of imidazole rings is 1. The van der Waals surface area contributed by atoms with Gasteiger partial charge >= 0.3 is 0 Å². The van der Waals surface area contributed by atoms with Gasteiger partial charge < -0.3 is 9.47 Å². The molecule has 0 unspecified atom stereocenters. The van der Waals surface area contributed by atoms with Crippen LogP contribution in [0.25, 0.3) is 10.8 Å². The Kier molecular flexibility index (Phi) is 2.57. The van der Waals surface area contributed by atoms with E-state index in [0.29, 0.717) is 6.54 Å². The maximum absolute atomic E-state index is 12.6. The van der Waals surface area contributed by atoms with E-state index in [4.69, 9.17) is 0 Å². The molecule has 0 fully saturated rings. The zero-order valence-electron chi connectivity index (χ0n) is 11.8. The third-order valence-electron chi connectivity index (χ3n) is 4.13. The molecule has 0 aliphatic carbocycles. The Morgan fingerprint density at radius 1 is 1.14 bits per heavy atom. The molecule has 0 N–H and O–H groups in total. The van der Waals surface area contributed by atoms with Gasteiger partial charge in [-0.1, -0.05) is 24.3 Å². The maximum Gasteiger partial charge on any atom is 0.259 e. The van der Waals surface area contributed by atoms with Crippen molar-refractivity contribution >= 4 is 22.4 Å². The highest BCUT2D eigenvalue weighted by atomic mass is 16.2. The van der Waals surface area contributed by atoms with Crippen molar-refractivity contribution in [3.05, 3.63) is 60.2 Å². The van der Waals surface area contributed by atoms with E-state index in [2.05, 4.69) is 17.1 Å². The number of carbonyl (C=O) groups is 1. The van der Waals surface area contributed by atoms with Gasteiger partial charge in [0.1, 0.15) is 5.82 Å². The Balaban J connectivity index is 1.71. The van der Waals surface area contributed by atoms with Crippen molar-refractivity contribution < 1.29 is 4.79 Å². The lowest BCUT2D eigenvalue weighted by Crippen LogP contribution is -2.29. The summed E-state index contributed by atoms with van der Waals surface area (Å²) in [5.74, 6) is 1.09. The summed E-state index contributed by atoms with van der Waals surface area (Å²) >= 11 is 0. The lowest BCUT2D eigenvalue weighted by atomic mass is 10.1. The highest BCUT2D eigenvalue weighted by Gasteiger charge is 2.29. The molecule has 3 aromatic rings. The van der Waals surface area contributed by atoms with E-state index >= 15 is 0 Å². The van der Waals surface area contributed by atoms with E-state index in [1.54, 1.807) is 6.20 Å². The fourth-order valence-corrected chi connectivity index (χ4v) is 3.05. The van der Waals surface area contributed by atoms with Crippen LogP contribution in [0.3, 0.4) is 0 Å². The van der Waals surface area contributed by atoms with Crippen molar-refractivity contribution in [2.45, 2.75) is 6.42 Å². The Bertz CT molecular complexity index is 845. The predicted octanol–water partition coefficient (Wildman–Crippen LogP) is 2.78. The Labute approximate surface area is 122 Å². The number of amides is 1. The van der Waals surface area contributed by atoms with E-state index in [0.717, 1.165) is 34.3 Å². The van der Waals surface area contributed by atoms with Gasteiger partial charge in [0.05, 0.1) is 5.69 Å². The van der Waals surface area contributed by atoms with Crippen molar-refractivity contribution in [2.24, 2.45) is 7.05 Å². The van der Waals surface area contributed by atoms with E-state index in [1.807, 2.05) is 47.0 Å². The molecule has 4 heteroatoms. The Morgan fingerprint density at radius 3 is 2.71 bits per heavy atom. The standard InChI is InChI=1S/C17H15N3O/c1-19-11-9-18-15(19)8-10-20-14-7-3-5-12-4-2-6-13(16(12)14)17(20)21/h2-7,9,11H,8,10H2,1H3. The lowest BCUT2D eigenvalue weighted by molar-refractivity contribution is 0.0993. The lowest BCUT2D eigenvalue weighted by Gasteiger charge is -2.17. The number of hydrogen-bond acceptors (Lipinski definition) is 2. The number of carbonyl (C=O) groups excluding carboxylic acids is 1. The molecule has 4 rings (SSSR count). The van der Waals surface area contributed by atoms with Gasteiger partial charge in [-0.15, -0.1) is 0 Å². The molecular weight excluding hydrogens is 262 g/mol. The SMILES string of the molecule is Cn1ccnc1CCN1C(=O)c2cccc3cccc1c23. The first kappa shape index (κ1) is 12.1. The summed E-state index contributed by atoms with van der Waals surface area (Å²) in [4.78, 5) is 18.8. The van der Waals surface area contributed by atoms with Gasteiger partial charge in [0.25, 0.3) is 5.91 Å². The van der Waals surface area contributed by atoms with Crippen LogP contribution in [-0.4, -0.2) is 22.0 Å². The van der Waals surface area contributed by atoms with Crippen LogP contribution in [0.4, 0.5) is 5.69 Å². The first-order chi connectivity index (χ1) is 10.3. The van der Waals surface area contributed by atoms with E-state index < -0.39 is 0 Å². The van der Waals surface area contributed by atoms with Crippen LogP contribution >= 0.6 is 0 Å². The topological polar surface area (TPSA) is 38.1 Å². The molecule has 0 radical (unpaired) electrons. The largest absolute Gasteiger partial charge is 0.338 e. The summed E-state index contributed by atoms with van der Waals surface area (Å²) in [6.07, 6.45) is 4.47. The van der Waals surface area contributed by atoms with Gasteiger partial charge in [0, 0.05) is 43.4 Å². The predicted molar refractivity (Wildman–Crippen MR) is 82.5 cm³/mol. The minimum atomic E-state index is 0.0935. The molecule has 2 heterocycles. The van der Waals surface area contributed by atoms with Crippen LogP contribution < -0.4 is 4.90 Å². The number of nitrogens with zero attached hydrogens (tertiary/aromatic N) is 3. The second-order valence-electron chi connectivity index (χ2n) is 5.34. The van der Waals surface area contributed by atoms with E-state index in [-0.39, 0.29) is 5.91 Å². The fourth-order valence-electron chi connectivity index (χ4n) is 3.05. The van der Waals surface area contributed by atoms with Crippen LogP contribution in [-0.2, 0) is 13.5 Å². The van der Waals surface area contributed by atoms with Gasteiger partial charge in [0.2, 0.25) is 0 Å². The second-order valence-corrected chi connectivity index (χ2v) is 5.34. The summed E-state index contributed by atoms with van der Waals surface area (Å²) in [6.45, 7) is 0.650. The smallest absolute Gasteiger partial charge is 0.259 e. The minimum absolute atomic E-state index is 0.0935. The second kappa shape index (κ2) is 4.45. The molecule has 0 spiro atoms. The van der Waals surface area contributed by atoms with Gasteiger partial charge in [-0.2, -0.15) is 0 Å². The van der Waals surface area contributed by atoms with Crippen LogP contribution in [0, 0.1) is 0 Å². The van der Waals surface area contributed by atoms with Gasteiger partial charge in [-0.25, -0.2) is 4.98 Å². The molecule has 0 atom stereocenters. The third-order valence-corrected chi connectivity index (χ3v) is 4.13. The van der Waals surface area contributed by atoms with Crippen molar-refractivity contribution in [3.63, 3.8) is 0 Å². The van der Waals surface area contributed by atoms with Gasteiger partial charge in [-0.3, -0.25) is 4.79 Å². The molecule has 0 saturated carbocycles. The van der Waals surface area contributed by atoms with Gasteiger partial charge in [0.15, 0.2) is 0 Å². The molecule has 104 valence electrons. The molecule has 2 aromatic carbocycles. The minimum Gasteiger partial charge on any atom is -0.338 e. The molecular formula is C17H15N3O.